The Morgan fingerprint density at radius 3 is 2.69 bits per heavy atom. The Balaban J connectivity index is 1.71. The van der Waals surface area contributed by atoms with Gasteiger partial charge in [-0.05, 0) is 29.3 Å². The Morgan fingerprint density at radius 1 is 1.21 bits per heavy atom. The summed E-state index contributed by atoms with van der Waals surface area (Å²) in [4.78, 5) is 16.7. The number of hydrogen-bond donors (Lipinski definition) is 1. The van der Waals surface area contributed by atoms with E-state index in [2.05, 4.69) is 45.5 Å². The van der Waals surface area contributed by atoms with Gasteiger partial charge in [-0.15, -0.1) is 16.8 Å². The Labute approximate surface area is 175 Å². The van der Waals surface area contributed by atoms with E-state index >= 15 is 0 Å². The van der Waals surface area contributed by atoms with Crippen LogP contribution in [0.5, 0.6) is 0 Å². The van der Waals surface area contributed by atoms with Crippen LogP contribution in [0, 0.1) is 0 Å². The van der Waals surface area contributed by atoms with Crippen LogP contribution in [0.1, 0.15) is 47.1 Å². The zero-order chi connectivity index (χ0) is 20.6. The van der Waals surface area contributed by atoms with E-state index in [0.29, 0.717) is 24.4 Å². The number of amides is 1. The summed E-state index contributed by atoms with van der Waals surface area (Å²) in [5.74, 6) is 1.76. The second-order valence-corrected chi connectivity index (χ2v) is 7.82. The quantitative estimate of drug-likeness (QED) is 0.425. The van der Waals surface area contributed by atoms with Crippen molar-refractivity contribution in [3.8, 4) is 0 Å². The van der Waals surface area contributed by atoms with Gasteiger partial charge in [-0.1, -0.05) is 49.9 Å². The number of aromatic nitrogens is 4. The molecule has 7 heteroatoms. The van der Waals surface area contributed by atoms with E-state index in [1.807, 2.05) is 42.5 Å². The van der Waals surface area contributed by atoms with Crippen molar-refractivity contribution in [3.05, 3.63) is 84.0 Å². The minimum absolute atomic E-state index is 0.0894. The predicted octanol–water partition coefficient (Wildman–Crippen LogP) is 4.20. The molecule has 3 rings (SSSR count). The first kappa shape index (κ1) is 20.8. The molecule has 150 valence electrons. The number of carbonyl (C=O) groups is 1. The van der Waals surface area contributed by atoms with Gasteiger partial charge in [-0.25, -0.2) is 0 Å². The lowest BCUT2D eigenvalue weighted by molar-refractivity contribution is 0.0950. The molecule has 0 saturated heterocycles. The van der Waals surface area contributed by atoms with Crippen molar-refractivity contribution >= 4 is 17.7 Å². The van der Waals surface area contributed by atoms with Crippen LogP contribution >= 0.6 is 11.8 Å². The van der Waals surface area contributed by atoms with Gasteiger partial charge in [-0.3, -0.25) is 9.78 Å². The van der Waals surface area contributed by atoms with Crippen molar-refractivity contribution in [2.24, 2.45) is 0 Å². The van der Waals surface area contributed by atoms with E-state index in [0.717, 1.165) is 22.1 Å². The number of pyridine rings is 1. The molecular weight excluding hydrogens is 382 g/mol. The minimum atomic E-state index is -0.0894. The molecule has 2 heterocycles. The Hall–Kier alpha value is -2.93. The van der Waals surface area contributed by atoms with Crippen LogP contribution in [0.3, 0.4) is 0 Å². The fraction of sp³-hybridized carbons (Fsp3) is 0.273. The highest BCUT2D eigenvalue weighted by Gasteiger charge is 2.16. The fourth-order valence-corrected chi connectivity index (χ4v) is 3.88. The van der Waals surface area contributed by atoms with Crippen LogP contribution < -0.4 is 5.32 Å². The maximum Gasteiger partial charge on any atom is 0.251 e. The van der Waals surface area contributed by atoms with Crippen molar-refractivity contribution in [3.63, 3.8) is 0 Å². The third-order valence-electron chi connectivity index (χ3n) is 4.39. The molecule has 0 radical (unpaired) electrons. The van der Waals surface area contributed by atoms with Gasteiger partial charge in [0, 0.05) is 42.7 Å². The molecule has 1 aromatic carbocycles. The molecule has 0 saturated carbocycles. The lowest BCUT2D eigenvalue weighted by Crippen LogP contribution is -2.23. The van der Waals surface area contributed by atoms with Gasteiger partial charge in [0.15, 0.2) is 5.16 Å². The molecule has 29 heavy (non-hydrogen) atoms. The van der Waals surface area contributed by atoms with Crippen molar-refractivity contribution in [1.82, 2.24) is 25.1 Å². The van der Waals surface area contributed by atoms with E-state index in [-0.39, 0.29) is 11.8 Å². The van der Waals surface area contributed by atoms with E-state index in [9.17, 15) is 4.79 Å². The summed E-state index contributed by atoms with van der Waals surface area (Å²) < 4.78 is 2.08. The van der Waals surface area contributed by atoms with Gasteiger partial charge in [-0.2, -0.15) is 0 Å². The molecule has 0 fully saturated rings. The van der Waals surface area contributed by atoms with Crippen molar-refractivity contribution in [1.29, 1.82) is 0 Å². The fourth-order valence-electron chi connectivity index (χ4n) is 2.92. The highest BCUT2D eigenvalue weighted by atomic mass is 32.2. The number of carbonyl (C=O) groups excluding carboxylic acids is 1. The van der Waals surface area contributed by atoms with Gasteiger partial charge >= 0.3 is 0 Å². The van der Waals surface area contributed by atoms with Crippen LogP contribution in [-0.2, 0) is 18.8 Å². The molecule has 0 unspecified atom stereocenters. The van der Waals surface area contributed by atoms with Crippen LogP contribution in [0.4, 0.5) is 0 Å². The van der Waals surface area contributed by atoms with Crippen LogP contribution in [-0.4, -0.2) is 25.7 Å². The first-order valence-corrected chi connectivity index (χ1v) is 10.5. The lowest BCUT2D eigenvalue weighted by atomic mass is 10.1. The molecule has 2 aromatic heterocycles. The number of nitrogens with one attached hydrogen (secondary N) is 1. The molecule has 6 nitrogen and oxygen atoms in total. The first-order valence-electron chi connectivity index (χ1n) is 9.52. The summed E-state index contributed by atoms with van der Waals surface area (Å²) in [5.41, 5.74) is 2.65. The molecule has 3 aromatic rings. The van der Waals surface area contributed by atoms with Crippen LogP contribution in [0.25, 0.3) is 0 Å². The summed E-state index contributed by atoms with van der Waals surface area (Å²) in [6.45, 7) is 9.16. The second kappa shape index (κ2) is 10.0. The SMILES string of the molecule is C=CCn1c(SCc2ccccc2C(=O)NCc2ccncc2)nnc1C(C)C. The van der Waals surface area contributed by atoms with Gasteiger partial charge in [0.2, 0.25) is 0 Å². The maximum atomic E-state index is 12.7. The Morgan fingerprint density at radius 2 is 1.97 bits per heavy atom. The number of thioether (sulfide) groups is 1. The molecule has 0 atom stereocenters. The normalized spacial score (nSPS) is 10.9. The number of hydrogen-bond acceptors (Lipinski definition) is 5. The lowest BCUT2D eigenvalue weighted by Gasteiger charge is -2.12. The summed E-state index contributed by atoms with van der Waals surface area (Å²) in [6.07, 6.45) is 5.29. The number of allylic oxidation sites excluding steroid dienone is 1. The van der Waals surface area contributed by atoms with Crippen molar-refractivity contribution < 1.29 is 4.79 Å². The standard InChI is InChI=1S/C22H25N5OS/c1-4-13-27-20(16(2)3)25-26-22(27)29-15-18-7-5-6-8-19(18)21(28)24-14-17-9-11-23-12-10-17/h4-12,16H,1,13-15H2,2-3H3,(H,24,28). The van der Waals surface area contributed by atoms with Gasteiger partial charge in [0.25, 0.3) is 5.91 Å². The van der Waals surface area contributed by atoms with E-state index in [1.54, 1.807) is 24.2 Å². The Kier molecular flexibility index (Phi) is 7.19. The highest BCUT2D eigenvalue weighted by Crippen LogP contribution is 2.26. The molecular formula is C22H25N5OS. The largest absolute Gasteiger partial charge is 0.348 e. The predicted molar refractivity (Wildman–Crippen MR) is 116 cm³/mol. The Bertz CT molecular complexity index is 968. The molecule has 0 bridgehead atoms. The summed E-state index contributed by atoms with van der Waals surface area (Å²) in [6, 6.07) is 11.4. The van der Waals surface area contributed by atoms with Gasteiger partial charge in [0.1, 0.15) is 5.82 Å². The maximum absolute atomic E-state index is 12.7. The van der Waals surface area contributed by atoms with Crippen LogP contribution in [0.2, 0.25) is 0 Å². The van der Waals surface area contributed by atoms with Crippen LogP contribution in [0.15, 0.2) is 66.6 Å². The van der Waals surface area contributed by atoms with Crippen molar-refractivity contribution in [2.75, 3.05) is 0 Å². The monoisotopic (exact) mass is 407 g/mol. The second-order valence-electron chi connectivity index (χ2n) is 6.88. The smallest absolute Gasteiger partial charge is 0.251 e. The zero-order valence-corrected chi connectivity index (χ0v) is 17.5. The average molecular weight is 408 g/mol. The van der Waals surface area contributed by atoms with E-state index in [4.69, 9.17) is 0 Å². The topological polar surface area (TPSA) is 72.7 Å². The van der Waals surface area contributed by atoms with E-state index < -0.39 is 0 Å². The summed E-state index contributed by atoms with van der Waals surface area (Å²) in [7, 11) is 0. The third-order valence-corrected chi connectivity index (χ3v) is 5.41. The number of nitrogens with zero attached hydrogens (tertiary/aromatic N) is 4. The molecule has 0 aliphatic carbocycles. The minimum Gasteiger partial charge on any atom is -0.348 e. The molecule has 1 N–H and O–H groups in total. The van der Waals surface area contributed by atoms with Gasteiger partial charge < -0.3 is 9.88 Å². The average Bonchev–Trinajstić information content (AvgIpc) is 3.14. The highest BCUT2D eigenvalue weighted by molar-refractivity contribution is 7.98. The van der Waals surface area contributed by atoms with Gasteiger partial charge in [0.05, 0.1) is 0 Å². The molecule has 1 amide bonds. The zero-order valence-electron chi connectivity index (χ0n) is 16.7. The molecule has 0 aliphatic rings. The number of benzene rings is 1. The van der Waals surface area contributed by atoms with E-state index in [1.165, 1.54) is 0 Å². The molecule has 0 spiro atoms. The first-order chi connectivity index (χ1) is 14.1. The van der Waals surface area contributed by atoms with Crippen molar-refractivity contribution in [2.45, 2.75) is 43.8 Å². The third kappa shape index (κ3) is 5.32. The number of rotatable bonds is 9. The summed E-state index contributed by atoms with van der Waals surface area (Å²) >= 11 is 1.58. The molecule has 0 aliphatic heterocycles. The summed E-state index contributed by atoms with van der Waals surface area (Å²) in [5, 5.41) is 12.5.